The van der Waals surface area contributed by atoms with Crippen molar-refractivity contribution in [1.82, 2.24) is 4.90 Å². The van der Waals surface area contributed by atoms with E-state index in [2.05, 4.69) is 5.32 Å². The summed E-state index contributed by atoms with van der Waals surface area (Å²) in [6, 6.07) is 16.0. The third-order valence-electron chi connectivity index (χ3n) is 3.09. The van der Waals surface area contributed by atoms with Gasteiger partial charge in [-0.2, -0.15) is 0 Å². The fraction of sp³-hybridized carbons (Fsp3) is 0.0667. The van der Waals surface area contributed by atoms with Crippen LogP contribution in [0.1, 0.15) is 15.9 Å². The number of carbonyl (C=O) groups is 2. The molecule has 0 aromatic heterocycles. The van der Waals surface area contributed by atoms with Crippen LogP contribution >= 0.6 is 0 Å². The molecule has 19 heavy (non-hydrogen) atoms. The molecule has 0 unspecified atom stereocenters. The Bertz CT molecular complexity index is 638. The van der Waals surface area contributed by atoms with Crippen molar-refractivity contribution in [2.45, 2.75) is 6.54 Å². The average Bonchev–Trinajstić information content (AvgIpc) is 2.78. The smallest absolute Gasteiger partial charge is 0.307 e. The highest BCUT2D eigenvalue weighted by Gasteiger charge is 2.31. The largest absolute Gasteiger partial charge is 0.329 e. The molecule has 94 valence electrons. The Balaban J connectivity index is 1.79. The van der Waals surface area contributed by atoms with Crippen LogP contribution in [0, 0.1) is 0 Å². The number of benzene rings is 2. The fourth-order valence-corrected chi connectivity index (χ4v) is 2.13. The number of amides is 3. The third kappa shape index (κ3) is 2.08. The zero-order valence-electron chi connectivity index (χ0n) is 10.2. The Hall–Kier alpha value is -2.62. The second-order valence-corrected chi connectivity index (χ2v) is 4.34. The van der Waals surface area contributed by atoms with Gasteiger partial charge >= 0.3 is 6.03 Å². The van der Waals surface area contributed by atoms with Crippen molar-refractivity contribution >= 4 is 17.6 Å². The minimum absolute atomic E-state index is 0.246. The number of imide groups is 1. The van der Waals surface area contributed by atoms with Gasteiger partial charge in [-0.15, -0.1) is 0 Å². The first kappa shape index (κ1) is 11.5. The fourth-order valence-electron chi connectivity index (χ4n) is 2.13. The van der Waals surface area contributed by atoms with E-state index >= 15 is 0 Å². The van der Waals surface area contributed by atoms with Crippen molar-refractivity contribution in [1.29, 1.82) is 0 Å². The van der Waals surface area contributed by atoms with Crippen molar-refractivity contribution < 1.29 is 9.59 Å². The zero-order valence-corrected chi connectivity index (χ0v) is 10.2. The standard InChI is InChI=1S/C15H12N2O2/c18-14-13-9-5-4-6-11(13)10-17(14)15(19)16-12-7-2-1-3-8-12/h1-9H,10H2,(H,16,19). The highest BCUT2D eigenvalue weighted by molar-refractivity contribution is 6.10. The summed E-state index contributed by atoms with van der Waals surface area (Å²) in [5.41, 5.74) is 2.16. The van der Waals surface area contributed by atoms with Gasteiger partial charge in [0, 0.05) is 11.3 Å². The molecule has 1 heterocycles. The number of urea groups is 1. The summed E-state index contributed by atoms with van der Waals surface area (Å²) >= 11 is 0. The van der Waals surface area contributed by atoms with Gasteiger partial charge in [0.15, 0.2) is 0 Å². The SMILES string of the molecule is O=C(Nc1ccccc1)N1Cc2ccccc2C1=O. The molecular weight excluding hydrogens is 240 g/mol. The predicted molar refractivity (Wildman–Crippen MR) is 71.8 cm³/mol. The molecule has 0 fully saturated rings. The molecule has 1 aliphatic heterocycles. The Labute approximate surface area is 110 Å². The van der Waals surface area contributed by atoms with E-state index in [1.807, 2.05) is 30.3 Å². The van der Waals surface area contributed by atoms with Gasteiger partial charge in [0.05, 0.1) is 6.54 Å². The molecular formula is C15H12N2O2. The average molecular weight is 252 g/mol. The van der Waals surface area contributed by atoms with E-state index in [4.69, 9.17) is 0 Å². The molecule has 3 amide bonds. The minimum Gasteiger partial charge on any atom is -0.307 e. The van der Waals surface area contributed by atoms with Crippen LogP contribution < -0.4 is 5.32 Å². The maximum Gasteiger partial charge on any atom is 0.329 e. The highest BCUT2D eigenvalue weighted by atomic mass is 16.2. The summed E-state index contributed by atoms with van der Waals surface area (Å²) in [4.78, 5) is 25.4. The lowest BCUT2D eigenvalue weighted by Crippen LogP contribution is -2.35. The number of hydrogen-bond donors (Lipinski definition) is 1. The molecule has 0 atom stereocenters. The van der Waals surface area contributed by atoms with Crippen molar-refractivity contribution in [2.75, 3.05) is 5.32 Å². The summed E-state index contributed by atoms with van der Waals surface area (Å²) in [7, 11) is 0. The van der Waals surface area contributed by atoms with E-state index < -0.39 is 6.03 Å². The number of rotatable bonds is 1. The van der Waals surface area contributed by atoms with Gasteiger partial charge in [-0.1, -0.05) is 36.4 Å². The van der Waals surface area contributed by atoms with Crippen LogP contribution in [0.15, 0.2) is 54.6 Å². The van der Waals surface area contributed by atoms with Gasteiger partial charge in [-0.25, -0.2) is 4.79 Å². The summed E-state index contributed by atoms with van der Waals surface area (Å²) in [6.45, 7) is 0.327. The molecule has 3 rings (SSSR count). The van der Waals surface area contributed by atoms with Gasteiger partial charge in [0.1, 0.15) is 0 Å². The van der Waals surface area contributed by atoms with Crippen molar-refractivity contribution in [3.8, 4) is 0 Å². The van der Waals surface area contributed by atoms with Gasteiger partial charge in [-0.3, -0.25) is 9.69 Å². The van der Waals surface area contributed by atoms with Crippen LogP contribution in [0.3, 0.4) is 0 Å². The van der Waals surface area contributed by atoms with Crippen LogP contribution in [0.25, 0.3) is 0 Å². The van der Waals surface area contributed by atoms with E-state index in [-0.39, 0.29) is 5.91 Å². The molecule has 0 saturated carbocycles. The number of nitrogens with zero attached hydrogens (tertiary/aromatic N) is 1. The van der Waals surface area contributed by atoms with Crippen LogP contribution in [0.2, 0.25) is 0 Å². The second-order valence-electron chi connectivity index (χ2n) is 4.34. The van der Waals surface area contributed by atoms with E-state index in [0.29, 0.717) is 17.8 Å². The summed E-state index contributed by atoms with van der Waals surface area (Å²) in [5, 5.41) is 2.72. The van der Waals surface area contributed by atoms with Crippen LogP contribution in [0.5, 0.6) is 0 Å². The summed E-state index contributed by atoms with van der Waals surface area (Å²) in [6.07, 6.45) is 0. The molecule has 4 heteroatoms. The second kappa shape index (κ2) is 4.57. The Kier molecular flexibility index (Phi) is 2.76. The van der Waals surface area contributed by atoms with Crippen LogP contribution in [-0.4, -0.2) is 16.8 Å². The first-order chi connectivity index (χ1) is 9.25. The maximum absolute atomic E-state index is 12.1. The third-order valence-corrected chi connectivity index (χ3v) is 3.09. The number of fused-ring (bicyclic) bond motifs is 1. The summed E-state index contributed by atoms with van der Waals surface area (Å²) < 4.78 is 0. The maximum atomic E-state index is 12.1. The number of nitrogens with one attached hydrogen (secondary N) is 1. The lowest BCUT2D eigenvalue weighted by Gasteiger charge is -2.14. The predicted octanol–water partition coefficient (Wildman–Crippen LogP) is 2.87. The van der Waals surface area contributed by atoms with Gasteiger partial charge < -0.3 is 5.32 Å². The molecule has 0 saturated heterocycles. The Morgan fingerprint density at radius 2 is 1.68 bits per heavy atom. The number of hydrogen-bond acceptors (Lipinski definition) is 2. The molecule has 0 bridgehead atoms. The lowest BCUT2D eigenvalue weighted by atomic mass is 10.1. The number of carbonyl (C=O) groups excluding carboxylic acids is 2. The minimum atomic E-state index is -0.396. The van der Waals surface area contributed by atoms with Gasteiger partial charge in [0.25, 0.3) is 5.91 Å². The monoisotopic (exact) mass is 252 g/mol. The molecule has 1 aliphatic rings. The molecule has 2 aromatic rings. The number of para-hydroxylation sites is 1. The normalized spacial score (nSPS) is 13.3. The van der Waals surface area contributed by atoms with Crippen molar-refractivity contribution in [2.24, 2.45) is 0 Å². The quantitative estimate of drug-likeness (QED) is 0.848. The molecule has 4 nitrogen and oxygen atoms in total. The molecule has 1 N–H and O–H groups in total. The van der Waals surface area contributed by atoms with Crippen molar-refractivity contribution in [3.63, 3.8) is 0 Å². The molecule has 0 aliphatic carbocycles. The lowest BCUT2D eigenvalue weighted by molar-refractivity contribution is 0.0832. The number of anilines is 1. The van der Waals surface area contributed by atoms with Gasteiger partial charge in [0.2, 0.25) is 0 Å². The first-order valence-corrected chi connectivity index (χ1v) is 6.01. The van der Waals surface area contributed by atoms with E-state index in [9.17, 15) is 9.59 Å². The van der Waals surface area contributed by atoms with E-state index in [1.165, 1.54) is 4.90 Å². The molecule has 0 spiro atoms. The topological polar surface area (TPSA) is 49.4 Å². The van der Waals surface area contributed by atoms with Gasteiger partial charge in [-0.05, 0) is 23.8 Å². The Morgan fingerprint density at radius 1 is 1.00 bits per heavy atom. The van der Waals surface area contributed by atoms with E-state index in [0.717, 1.165) is 5.56 Å². The Morgan fingerprint density at radius 3 is 2.42 bits per heavy atom. The van der Waals surface area contributed by atoms with Crippen molar-refractivity contribution in [3.05, 3.63) is 65.7 Å². The van der Waals surface area contributed by atoms with E-state index in [1.54, 1.807) is 24.3 Å². The molecule has 0 radical (unpaired) electrons. The van der Waals surface area contributed by atoms with Crippen LogP contribution in [-0.2, 0) is 6.54 Å². The summed E-state index contributed by atoms with van der Waals surface area (Å²) in [5.74, 6) is -0.246. The van der Waals surface area contributed by atoms with Crippen LogP contribution in [0.4, 0.5) is 10.5 Å². The first-order valence-electron chi connectivity index (χ1n) is 6.01. The molecule has 2 aromatic carbocycles. The highest BCUT2D eigenvalue weighted by Crippen LogP contribution is 2.23. The zero-order chi connectivity index (χ0) is 13.2.